The van der Waals surface area contributed by atoms with Gasteiger partial charge in [0.25, 0.3) is 0 Å². The molecule has 0 fully saturated rings. The van der Waals surface area contributed by atoms with Crippen LogP contribution in [0.25, 0.3) is 0 Å². The van der Waals surface area contributed by atoms with Gasteiger partial charge in [0.2, 0.25) is 0 Å². The third-order valence-electron chi connectivity index (χ3n) is 2.51. The van der Waals surface area contributed by atoms with E-state index in [4.69, 9.17) is 0 Å². The van der Waals surface area contributed by atoms with Gasteiger partial charge in [-0.1, -0.05) is 26.7 Å². The van der Waals surface area contributed by atoms with E-state index in [-0.39, 0.29) is 0 Å². The van der Waals surface area contributed by atoms with Crippen LogP contribution in [0.3, 0.4) is 0 Å². The van der Waals surface area contributed by atoms with E-state index in [0.717, 1.165) is 29.4 Å². The molecule has 2 nitrogen and oxygen atoms in total. The van der Waals surface area contributed by atoms with Gasteiger partial charge >= 0.3 is 0 Å². The fourth-order valence-corrected chi connectivity index (χ4v) is 2.27. The number of rotatable bonds is 5. The van der Waals surface area contributed by atoms with Crippen LogP contribution in [0.15, 0.2) is 22.8 Å². The zero-order chi connectivity index (χ0) is 11.3. The first-order valence-electron chi connectivity index (χ1n) is 5.43. The Morgan fingerprint density at radius 3 is 2.87 bits per heavy atom. The molecule has 1 aromatic rings. The van der Waals surface area contributed by atoms with E-state index >= 15 is 0 Å². The summed E-state index contributed by atoms with van der Waals surface area (Å²) in [5.41, 5.74) is 0.750. The molecule has 2 unspecified atom stereocenters. The van der Waals surface area contributed by atoms with E-state index < -0.39 is 6.10 Å². The molecule has 0 aliphatic carbocycles. The molecule has 0 bridgehead atoms. The summed E-state index contributed by atoms with van der Waals surface area (Å²) in [5, 5.41) is 10.0. The smallest absolute Gasteiger partial charge is 0.0973 e. The van der Waals surface area contributed by atoms with Gasteiger partial charge in [-0.15, -0.1) is 0 Å². The molecular formula is C12H18BrNO. The molecule has 0 saturated heterocycles. The Labute approximate surface area is 99.9 Å². The van der Waals surface area contributed by atoms with Crippen molar-refractivity contribution in [1.82, 2.24) is 4.98 Å². The summed E-state index contributed by atoms with van der Waals surface area (Å²) >= 11 is 3.40. The average Bonchev–Trinajstić information content (AvgIpc) is 2.18. The minimum Gasteiger partial charge on any atom is -0.387 e. The number of hydrogen-bond acceptors (Lipinski definition) is 2. The number of aliphatic hydroxyl groups is 1. The highest BCUT2D eigenvalue weighted by atomic mass is 79.9. The van der Waals surface area contributed by atoms with Crippen LogP contribution in [-0.4, -0.2) is 10.1 Å². The van der Waals surface area contributed by atoms with Crippen molar-refractivity contribution < 1.29 is 5.11 Å². The number of pyridine rings is 1. The van der Waals surface area contributed by atoms with Crippen molar-refractivity contribution in [3.63, 3.8) is 0 Å². The SMILES string of the molecule is CCCC(C)CC(O)c1ncccc1Br. The van der Waals surface area contributed by atoms with Crippen LogP contribution >= 0.6 is 15.9 Å². The number of hydrogen-bond donors (Lipinski definition) is 1. The predicted octanol–water partition coefficient (Wildman–Crippen LogP) is 3.70. The Balaban J connectivity index is 2.61. The van der Waals surface area contributed by atoms with Gasteiger partial charge in [-0.25, -0.2) is 0 Å². The summed E-state index contributed by atoms with van der Waals surface area (Å²) in [5.74, 6) is 0.541. The fraction of sp³-hybridized carbons (Fsp3) is 0.583. The molecule has 1 heterocycles. The van der Waals surface area contributed by atoms with Crippen molar-refractivity contribution in [2.45, 2.75) is 39.2 Å². The van der Waals surface area contributed by atoms with Crippen molar-refractivity contribution in [3.8, 4) is 0 Å². The van der Waals surface area contributed by atoms with E-state index in [1.807, 2.05) is 12.1 Å². The maximum atomic E-state index is 10.0. The Morgan fingerprint density at radius 2 is 2.27 bits per heavy atom. The summed E-state index contributed by atoms with van der Waals surface area (Å²) in [6, 6.07) is 3.77. The lowest BCUT2D eigenvalue weighted by molar-refractivity contribution is 0.140. The molecule has 1 N–H and O–H groups in total. The molecule has 15 heavy (non-hydrogen) atoms. The van der Waals surface area contributed by atoms with Gasteiger partial charge in [0.1, 0.15) is 0 Å². The number of aliphatic hydroxyl groups excluding tert-OH is 1. The van der Waals surface area contributed by atoms with E-state index in [2.05, 4.69) is 34.8 Å². The summed E-state index contributed by atoms with van der Waals surface area (Å²) in [4.78, 5) is 4.19. The molecule has 2 atom stereocenters. The molecular weight excluding hydrogens is 254 g/mol. The van der Waals surface area contributed by atoms with Crippen LogP contribution in [0, 0.1) is 5.92 Å². The molecule has 0 amide bonds. The van der Waals surface area contributed by atoms with Gasteiger partial charge in [-0.05, 0) is 40.4 Å². The topological polar surface area (TPSA) is 33.1 Å². The van der Waals surface area contributed by atoms with Crippen LogP contribution in [0.1, 0.15) is 44.9 Å². The number of nitrogens with zero attached hydrogens (tertiary/aromatic N) is 1. The van der Waals surface area contributed by atoms with E-state index in [1.165, 1.54) is 0 Å². The third kappa shape index (κ3) is 3.92. The summed E-state index contributed by atoms with van der Waals surface area (Å²) in [6.45, 7) is 4.34. The summed E-state index contributed by atoms with van der Waals surface area (Å²) < 4.78 is 0.890. The molecule has 1 rings (SSSR count). The van der Waals surface area contributed by atoms with Gasteiger partial charge in [0, 0.05) is 10.7 Å². The first kappa shape index (κ1) is 12.7. The third-order valence-corrected chi connectivity index (χ3v) is 3.18. The molecule has 84 valence electrons. The van der Waals surface area contributed by atoms with Crippen molar-refractivity contribution in [1.29, 1.82) is 0 Å². The number of halogens is 1. The lowest BCUT2D eigenvalue weighted by atomic mass is 9.97. The van der Waals surface area contributed by atoms with Gasteiger partial charge in [0.05, 0.1) is 11.8 Å². The number of aromatic nitrogens is 1. The maximum Gasteiger partial charge on any atom is 0.0973 e. The lowest BCUT2D eigenvalue weighted by Gasteiger charge is -2.16. The standard InChI is InChI=1S/C12H18BrNO/c1-3-5-9(2)8-11(15)12-10(13)6-4-7-14-12/h4,6-7,9,11,15H,3,5,8H2,1-2H3. The second-order valence-electron chi connectivity index (χ2n) is 4.02. The van der Waals surface area contributed by atoms with Crippen molar-refractivity contribution in [2.24, 2.45) is 5.92 Å². The zero-order valence-electron chi connectivity index (χ0n) is 9.28. The minimum absolute atomic E-state index is 0.456. The lowest BCUT2D eigenvalue weighted by Crippen LogP contribution is -2.06. The summed E-state index contributed by atoms with van der Waals surface area (Å²) in [6.07, 6.45) is 4.36. The van der Waals surface area contributed by atoms with Crippen LogP contribution in [0.5, 0.6) is 0 Å². The predicted molar refractivity (Wildman–Crippen MR) is 65.6 cm³/mol. The fourth-order valence-electron chi connectivity index (χ4n) is 1.75. The first-order valence-corrected chi connectivity index (χ1v) is 6.23. The average molecular weight is 272 g/mol. The molecule has 0 aromatic carbocycles. The highest BCUT2D eigenvalue weighted by molar-refractivity contribution is 9.10. The highest BCUT2D eigenvalue weighted by Crippen LogP contribution is 2.27. The van der Waals surface area contributed by atoms with E-state index in [1.54, 1.807) is 6.20 Å². The Morgan fingerprint density at radius 1 is 1.53 bits per heavy atom. The zero-order valence-corrected chi connectivity index (χ0v) is 10.9. The van der Waals surface area contributed by atoms with Gasteiger partial charge in [-0.3, -0.25) is 4.98 Å². The van der Waals surface area contributed by atoms with Gasteiger partial charge in [-0.2, -0.15) is 0 Å². The van der Waals surface area contributed by atoms with Crippen molar-refractivity contribution in [2.75, 3.05) is 0 Å². The molecule has 3 heteroatoms. The normalized spacial score (nSPS) is 14.9. The van der Waals surface area contributed by atoms with Crippen LogP contribution < -0.4 is 0 Å². The summed E-state index contributed by atoms with van der Waals surface area (Å²) in [7, 11) is 0. The van der Waals surface area contributed by atoms with Crippen LogP contribution in [-0.2, 0) is 0 Å². The maximum absolute atomic E-state index is 10.0. The first-order chi connectivity index (χ1) is 7.15. The van der Waals surface area contributed by atoms with Gasteiger partial charge < -0.3 is 5.11 Å². The molecule has 0 radical (unpaired) electrons. The second-order valence-corrected chi connectivity index (χ2v) is 4.87. The van der Waals surface area contributed by atoms with Crippen LogP contribution in [0.2, 0.25) is 0 Å². The Hall–Kier alpha value is -0.410. The molecule has 0 aliphatic heterocycles. The molecule has 0 spiro atoms. The minimum atomic E-state index is -0.456. The van der Waals surface area contributed by atoms with E-state index in [9.17, 15) is 5.11 Å². The Bertz CT molecular complexity index is 303. The molecule has 0 aliphatic rings. The quantitative estimate of drug-likeness (QED) is 0.886. The molecule has 1 aromatic heterocycles. The second kappa shape index (κ2) is 6.23. The van der Waals surface area contributed by atoms with Gasteiger partial charge in [0.15, 0.2) is 0 Å². The van der Waals surface area contributed by atoms with Crippen molar-refractivity contribution >= 4 is 15.9 Å². The van der Waals surface area contributed by atoms with Crippen molar-refractivity contribution in [3.05, 3.63) is 28.5 Å². The molecule has 0 saturated carbocycles. The monoisotopic (exact) mass is 271 g/mol. The van der Waals surface area contributed by atoms with E-state index in [0.29, 0.717) is 5.92 Å². The highest BCUT2D eigenvalue weighted by Gasteiger charge is 2.15. The largest absolute Gasteiger partial charge is 0.387 e. The Kier molecular flexibility index (Phi) is 5.26. The van der Waals surface area contributed by atoms with Crippen LogP contribution in [0.4, 0.5) is 0 Å².